The molecule has 0 atom stereocenters. The molecule has 0 unspecified atom stereocenters. The largest absolute Gasteiger partial charge is 0.338 e. The molecule has 0 saturated carbocycles. The SMILES string of the molecule is CC1(C)CCN(C(=O)c2cc(S(=O)(=O)Cl)cc(F)c2Cl)C1. The average Bonchev–Trinajstić information content (AvgIpc) is 2.71. The van der Waals surface area contributed by atoms with Crippen LogP contribution >= 0.6 is 22.3 Å². The van der Waals surface area contributed by atoms with Gasteiger partial charge in [0.2, 0.25) is 0 Å². The zero-order chi connectivity index (χ0) is 16.0. The summed E-state index contributed by atoms with van der Waals surface area (Å²) in [4.78, 5) is 13.5. The fourth-order valence-electron chi connectivity index (χ4n) is 2.32. The van der Waals surface area contributed by atoms with Gasteiger partial charge in [0.15, 0.2) is 0 Å². The maximum absolute atomic E-state index is 13.7. The zero-order valence-electron chi connectivity index (χ0n) is 11.5. The van der Waals surface area contributed by atoms with E-state index < -0.39 is 30.7 Å². The Kier molecular flexibility index (Phi) is 4.26. The first kappa shape index (κ1) is 16.5. The highest BCUT2D eigenvalue weighted by Crippen LogP contribution is 2.32. The van der Waals surface area contributed by atoms with Crippen LogP contribution in [-0.2, 0) is 9.05 Å². The van der Waals surface area contributed by atoms with E-state index in [9.17, 15) is 17.6 Å². The van der Waals surface area contributed by atoms with E-state index in [4.69, 9.17) is 22.3 Å². The number of hydrogen-bond donors (Lipinski definition) is 0. The predicted molar refractivity (Wildman–Crippen MR) is 78.8 cm³/mol. The van der Waals surface area contributed by atoms with Gasteiger partial charge >= 0.3 is 0 Å². The van der Waals surface area contributed by atoms with Gasteiger partial charge in [-0.2, -0.15) is 0 Å². The van der Waals surface area contributed by atoms with Crippen LogP contribution in [0.15, 0.2) is 17.0 Å². The number of likely N-dealkylation sites (tertiary alicyclic amines) is 1. The molecule has 2 rings (SSSR count). The molecule has 21 heavy (non-hydrogen) atoms. The summed E-state index contributed by atoms with van der Waals surface area (Å²) in [6.07, 6.45) is 0.812. The molecule has 1 heterocycles. The Morgan fingerprint density at radius 3 is 2.48 bits per heavy atom. The molecule has 1 fully saturated rings. The number of amides is 1. The van der Waals surface area contributed by atoms with Gasteiger partial charge in [-0.25, -0.2) is 12.8 Å². The van der Waals surface area contributed by atoms with Crippen molar-refractivity contribution in [3.63, 3.8) is 0 Å². The molecule has 0 spiro atoms. The predicted octanol–water partition coefficient (Wildman–Crippen LogP) is 3.28. The standard InChI is InChI=1S/C13H14Cl2FNO3S/c1-13(2)3-4-17(7-13)12(18)9-5-8(21(15,19)20)6-10(16)11(9)14/h5-6H,3-4,7H2,1-2H3. The number of hydrogen-bond acceptors (Lipinski definition) is 3. The van der Waals surface area contributed by atoms with E-state index in [1.165, 1.54) is 4.90 Å². The molecule has 0 bridgehead atoms. The molecule has 0 radical (unpaired) electrons. The summed E-state index contributed by atoms with van der Waals surface area (Å²) >= 11 is 5.80. The highest BCUT2D eigenvalue weighted by atomic mass is 35.7. The summed E-state index contributed by atoms with van der Waals surface area (Å²) in [5.74, 6) is -1.48. The molecule has 1 aliphatic heterocycles. The lowest BCUT2D eigenvalue weighted by atomic mass is 9.93. The maximum Gasteiger partial charge on any atom is 0.261 e. The van der Waals surface area contributed by atoms with Crippen molar-refractivity contribution in [2.75, 3.05) is 13.1 Å². The van der Waals surface area contributed by atoms with Gasteiger partial charge in [-0.15, -0.1) is 0 Å². The highest BCUT2D eigenvalue weighted by molar-refractivity contribution is 8.13. The number of nitrogens with zero attached hydrogens (tertiary/aromatic N) is 1. The van der Waals surface area contributed by atoms with E-state index in [1.54, 1.807) is 0 Å². The van der Waals surface area contributed by atoms with Gasteiger partial charge in [0.05, 0.1) is 15.5 Å². The van der Waals surface area contributed by atoms with Crippen LogP contribution in [-0.4, -0.2) is 32.3 Å². The lowest BCUT2D eigenvalue weighted by molar-refractivity contribution is 0.0777. The minimum Gasteiger partial charge on any atom is -0.338 e. The third-order valence-electron chi connectivity index (χ3n) is 3.48. The molecule has 8 heteroatoms. The van der Waals surface area contributed by atoms with Gasteiger partial charge in [0, 0.05) is 23.8 Å². The van der Waals surface area contributed by atoms with Crippen molar-refractivity contribution >= 4 is 37.2 Å². The van der Waals surface area contributed by atoms with Crippen molar-refractivity contribution < 1.29 is 17.6 Å². The Hall–Kier alpha value is -0.850. The molecule has 0 aliphatic carbocycles. The minimum atomic E-state index is -4.14. The second-order valence-corrected chi connectivity index (χ2v) is 8.79. The third kappa shape index (κ3) is 3.49. The average molecular weight is 354 g/mol. The second kappa shape index (κ2) is 5.41. The summed E-state index contributed by atoms with van der Waals surface area (Å²) < 4.78 is 36.4. The Balaban J connectivity index is 2.44. The van der Waals surface area contributed by atoms with Crippen molar-refractivity contribution in [3.05, 3.63) is 28.5 Å². The smallest absolute Gasteiger partial charge is 0.261 e. The first-order chi connectivity index (χ1) is 9.51. The first-order valence-electron chi connectivity index (χ1n) is 6.24. The first-order valence-corrected chi connectivity index (χ1v) is 8.93. The van der Waals surface area contributed by atoms with Gasteiger partial charge in [-0.1, -0.05) is 25.4 Å². The molecular weight excluding hydrogens is 340 g/mol. The van der Waals surface area contributed by atoms with Crippen molar-refractivity contribution in [1.29, 1.82) is 0 Å². The normalized spacial score (nSPS) is 18.0. The summed E-state index contributed by atoms with van der Waals surface area (Å²) in [5.41, 5.74) is -0.217. The monoisotopic (exact) mass is 353 g/mol. The molecular formula is C13H14Cl2FNO3S. The topological polar surface area (TPSA) is 54.5 Å². The summed E-state index contributed by atoms with van der Waals surface area (Å²) in [7, 11) is 1.06. The molecule has 1 aliphatic rings. The van der Waals surface area contributed by atoms with Crippen molar-refractivity contribution in [2.45, 2.75) is 25.2 Å². The van der Waals surface area contributed by atoms with Crippen molar-refractivity contribution in [1.82, 2.24) is 4.90 Å². The molecule has 116 valence electrons. The van der Waals surface area contributed by atoms with E-state index in [0.29, 0.717) is 19.2 Å². The molecule has 4 nitrogen and oxygen atoms in total. The van der Waals surface area contributed by atoms with Gasteiger partial charge in [-0.05, 0) is 24.0 Å². The summed E-state index contributed by atoms with van der Waals surface area (Å²) in [5, 5.41) is -0.395. The van der Waals surface area contributed by atoms with E-state index in [0.717, 1.165) is 12.5 Å². The van der Waals surface area contributed by atoms with E-state index in [2.05, 4.69) is 0 Å². The van der Waals surface area contributed by atoms with Crippen LogP contribution < -0.4 is 0 Å². The number of halogens is 3. The number of benzene rings is 1. The summed E-state index contributed by atoms with van der Waals surface area (Å²) in [6.45, 7) is 5.05. The fourth-order valence-corrected chi connectivity index (χ4v) is 3.28. The van der Waals surface area contributed by atoms with Crippen LogP contribution in [0.4, 0.5) is 4.39 Å². The molecule has 0 N–H and O–H groups in total. The maximum atomic E-state index is 13.7. The molecule has 1 aromatic rings. The van der Waals surface area contributed by atoms with Gasteiger partial charge in [0.1, 0.15) is 5.82 Å². The lowest BCUT2D eigenvalue weighted by Gasteiger charge is -2.20. The number of carbonyl (C=O) groups excluding carboxylic acids is 1. The third-order valence-corrected chi connectivity index (χ3v) is 5.20. The highest BCUT2D eigenvalue weighted by Gasteiger charge is 2.34. The lowest BCUT2D eigenvalue weighted by Crippen LogP contribution is -2.30. The van der Waals surface area contributed by atoms with E-state index in [1.807, 2.05) is 13.8 Å². The molecule has 1 amide bonds. The van der Waals surface area contributed by atoms with Crippen LogP contribution in [0.25, 0.3) is 0 Å². The Morgan fingerprint density at radius 2 is 2.00 bits per heavy atom. The van der Waals surface area contributed by atoms with Gasteiger partial charge in [0.25, 0.3) is 15.0 Å². The van der Waals surface area contributed by atoms with Crippen LogP contribution in [0.5, 0.6) is 0 Å². The molecule has 0 aromatic heterocycles. The Morgan fingerprint density at radius 1 is 1.38 bits per heavy atom. The van der Waals surface area contributed by atoms with Crippen molar-refractivity contribution in [2.24, 2.45) is 5.41 Å². The van der Waals surface area contributed by atoms with Gasteiger partial charge < -0.3 is 4.90 Å². The van der Waals surface area contributed by atoms with Crippen LogP contribution in [0, 0.1) is 11.2 Å². The number of carbonyl (C=O) groups is 1. The quantitative estimate of drug-likeness (QED) is 0.766. The Labute approximate surface area is 132 Å². The second-order valence-electron chi connectivity index (χ2n) is 5.85. The Bertz CT molecular complexity index is 704. The fraction of sp³-hybridized carbons (Fsp3) is 0.462. The van der Waals surface area contributed by atoms with E-state index >= 15 is 0 Å². The number of rotatable bonds is 2. The molecule has 1 saturated heterocycles. The molecule has 1 aromatic carbocycles. The summed E-state index contributed by atoms with van der Waals surface area (Å²) in [6, 6.07) is 1.72. The van der Waals surface area contributed by atoms with E-state index in [-0.39, 0.29) is 11.0 Å². The van der Waals surface area contributed by atoms with Crippen LogP contribution in [0.1, 0.15) is 30.6 Å². The van der Waals surface area contributed by atoms with Gasteiger partial charge in [-0.3, -0.25) is 4.79 Å². The zero-order valence-corrected chi connectivity index (χ0v) is 13.8. The van der Waals surface area contributed by atoms with Crippen LogP contribution in [0.3, 0.4) is 0 Å². The van der Waals surface area contributed by atoms with Crippen molar-refractivity contribution in [3.8, 4) is 0 Å². The van der Waals surface area contributed by atoms with Crippen LogP contribution in [0.2, 0.25) is 5.02 Å². The minimum absolute atomic E-state index is 0.0309.